The zero-order valence-corrected chi connectivity index (χ0v) is 22.4. The molecule has 0 aliphatic carbocycles. The first-order valence-corrected chi connectivity index (χ1v) is 13.3. The molecule has 2 aliphatic heterocycles. The van der Waals surface area contributed by atoms with E-state index < -0.39 is 0 Å². The van der Waals surface area contributed by atoms with Crippen molar-refractivity contribution in [3.05, 3.63) is 48.5 Å². The molecular formula is C29H41N7. The molecule has 5 rings (SSSR count). The molecule has 0 bridgehead atoms. The Morgan fingerprint density at radius 2 is 1.47 bits per heavy atom. The van der Waals surface area contributed by atoms with Crippen molar-refractivity contribution in [2.45, 2.75) is 0 Å². The lowest BCUT2D eigenvalue weighted by Crippen LogP contribution is -2.45. The van der Waals surface area contributed by atoms with Gasteiger partial charge in [-0.25, -0.2) is 4.98 Å². The van der Waals surface area contributed by atoms with Crippen LogP contribution in [0.1, 0.15) is 0 Å². The Morgan fingerprint density at radius 1 is 0.806 bits per heavy atom. The number of benzene rings is 2. The topological polar surface area (TPSA) is 41.1 Å². The molecule has 192 valence electrons. The summed E-state index contributed by atoms with van der Waals surface area (Å²) in [6.07, 6.45) is 0. The van der Waals surface area contributed by atoms with Crippen LogP contribution in [0.2, 0.25) is 0 Å². The third-order valence-electron chi connectivity index (χ3n) is 7.56. The van der Waals surface area contributed by atoms with Gasteiger partial charge in [0.05, 0.1) is 11.2 Å². The molecule has 0 radical (unpaired) electrons. The Bertz CT molecular complexity index is 1160. The van der Waals surface area contributed by atoms with E-state index in [2.05, 4.69) is 107 Å². The lowest BCUT2D eigenvalue weighted by Gasteiger charge is -2.37. The van der Waals surface area contributed by atoms with Crippen LogP contribution in [0.4, 0.5) is 17.1 Å². The highest BCUT2D eigenvalue weighted by atomic mass is 15.3. The maximum Gasteiger partial charge on any atom is 0.0751 e. The molecule has 2 saturated heterocycles. The smallest absolute Gasteiger partial charge is 0.0751 e. The zero-order chi connectivity index (χ0) is 25.1. The van der Waals surface area contributed by atoms with Crippen molar-refractivity contribution < 1.29 is 0 Å². The lowest BCUT2D eigenvalue weighted by atomic mass is 10.0. The Hall–Kier alpha value is -2.87. The minimum atomic E-state index is 0.897. The number of nitrogens with one attached hydrogen (secondary N) is 1. The summed E-state index contributed by atoms with van der Waals surface area (Å²) in [5.41, 5.74) is 7.09. The van der Waals surface area contributed by atoms with Gasteiger partial charge in [0, 0.05) is 93.5 Å². The van der Waals surface area contributed by atoms with Gasteiger partial charge in [-0.3, -0.25) is 0 Å². The fourth-order valence-corrected chi connectivity index (χ4v) is 5.18. The summed E-state index contributed by atoms with van der Waals surface area (Å²) < 4.78 is 0. The molecule has 0 saturated carbocycles. The molecular weight excluding hydrogens is 446 g/mol. The Labute approximate surface area is 216 Å². The highest BCUT2D eigenvalue weighted by molar-refractivity contribution is 5.95. The Morgan fingerprint density at radius 3 is 2.17 bits per heavy atom. The molecule has 36 heavy (non-hydrogen) atoms. The summed E-state index contributed by atoms with van der Waals surface area (Å²) in [6, 6.07) is 17.8. The third kappa shape index (κ3) is 5.59. The molecule has 0 unspecified atom stereocenters. The molecule has 2 fully saturated rings. The summed E-state index contributed by atoms with van der Waals surface area (Å²) in [4.78, 5) is 17.3. The second-order valence-electron chi connectivity index (χ2n) is 10.6. The number of fused-ring (bicyclic) bond motifs is 1. The van der Waals surface area contributed by atoms with Crippen molar-refractivity contribution in [3.8, 4) is 11.3 Å². The van der Waals surface area contributed by atoms with E-state index in [4.69, 9.17) is 4.98 Å². The first-order valence-electron chi connectivity index (χ1n) is 13.3. The number of anilines is 3. The van der Waals surface area contributed by atoms with E-state index in [1.54, 1.807) is 0 Å². The maximum absolute atomic E-state index is 5.16. The van der Waals surface area contributed by atoms with E-state index in [0.717, 1.165) is 82.3 Å². The summed E-state index contributed by atoms with van der Waals surface area (Å²) in [7, 11) is 8.66. The van der Waals surface area contributed by atoms with Crippen molar-refractivity contribution in [2.24, 2.45) is 0 Å². The second kappa shape index (κ2) is 11.0. The number of hydrogen-bond donors (Lipinski definition) is 1. The standard InChI is InChI=1S/C29H41N7/c1-32(2)12-11-30-27-22-28(31-26-8-6-5-7-24(26)27)25-10-9-23(35-17-13-33(3)14-18-35)21-29(25)36-19-15-34(4)16-20-36/h5-10,21-22H,11-20H2,1-4H3,(H,30,31). The van der Waals surface area contributed by atoms with Crippen LogP contribution in [-0.2, 0) is 0 Å². The van der Waals surface area contributed by atoms with E-state index in [-0.39, 0.29) is 0 Å². The molecule has 1 aromatic heterocycles. The monoisotopic (exact) mass is 487 g/mol. The number of para-hydroxylation sites is 1. The van der Waals surface area contributed by atoms with Crippen molar-refractivity contribution in [2.75, 3.05) is 109 Å². The van der Waals surface area contributed by atoms with Crippen LogP contribution < -0.4 is 15.1 Å². The molecule has 7 heteroatoms. The van der Waals surface area contributed by atoms with Crippen LogP contribution >= 0.6 is 0 Å². The first kappa shape index (κ1) is 24.8. The molecule has 0 spiro atoms. The van der Waals surface area contributed by atoms with Crippen molar-refractivity contribution in [1.82, 2.24) is 19.7 Å². The van der Waals surface area contributed by atoms with Crippen LogP contribution in [0, 0.1) is 0 Å². The van der Waals surface area contributed by atoms with Gasteiger partial charge in [0.25, 0.3) is 0 Å². The van der Waals surface area contributed by atoms with Gasteiger partial charge in [0.1, 0.15) is 0 Å². The zero-order valence-electron chi connectivity index (χ0n) is 22.4. The van der Waals surface area contributed by atoms with Gasteiger partial charge in [0.15, 0.2) is 0 Å². The van der Waals surface area contributed by atoms with E-state index in [1.807, 2.05) is 0 Å². The van der Waals surface area contributed by atoms with Crippen LogP contribution in [0.15, 0.2) is 48.5 Å². The van der Waals surface area contributed by atoms with Gasteiger partial charge < -0.3 is 29.8 Å². The number of pyridine rings is 1. The predicted octanol–water partition coefficient (Wildman–Crippen LogP) is 3.38. The van der Waals surface area contributed by atoms with E-state index in [1.165, 1.54) is 22.3 Å². The lowest BCUT2D eigenvalue weighted by molar-refractivity contribution is 0.312. The number of piperazine rings is 2. The van der Waals surface area contributed by atoms with Gasteiger partial charge in [-0.05, 0) is 58.5 Å². The Balaban J connectivity index is 1.55. The van der Waals surface area contributed by atoms with E-state index in [0.29, 0.717) is 0 Å². The molecule has 3 aromatic rings. The van der Waals surface area contributed by atoms with Crippen LogP contribution in [0.3, 0.4) is 0 Å². The average Bonchev–Trinajstić information content (AvgIpc) is 2.89. The molecule has 0 amide bonds. The largest absolute Gasteiger partial charge is 0.383 e. The molecule has 1 N–H and O–H groups in total. The van der Waals surface area contributed by atoms with Gasteiger partial charge in [0.2, 0.25) is 0 Å². The van der Waals surface area contributed by atoms with Gasteiger partial charge in [-0.1, -0.05) is 18.2 Å². The molecule has 7 nitrogen and oxygen atoms in total. The minimum Gasteiger partial charge on any atom is -0.383 e. The van der Waals surface area contributed by atoms with Crippen LogP contribution in [0.5, 0.6) is 0 Å². The number of aromatic nitrogens is 1. The fraction of sp³-hybridized carbons (Fsp3) is 0.483. The fourth-order valence-electron chi connectivity index (χ4n) is 5.18. The van der Waals surface area contributed by atoms with Crippen molar-refractivity contribution in [1.29, 1.82) is 0 Å². The number of hydrogen-bond acceptors (Lipinski definition) is 7. The predicted molar refractivity (Wildman–Crippen MR) is 154 cm³/mol. The van der Waals surface area contributed by atoms with Gasteiger partial charge in [-0.15, -0.1) is 0 Å². The molecule has 0 atom stereocenters. The number of rotatable bonds is 7. The summed E-state index contributed by atoms with van der Waals surface area (Å²) in [5, 5.41) is 4.86. The second-order valence-corrected chi connectivity index (χ2v) is 10.6. The average molecular weight is 488 g/mol. The van der Waals surface area contributed by atoms with Crippen molar-refractivity contribution >= 4 is 28.0 Å². The summed E-state index contributed by atoms with van der Waals surface area (Å²) in [5.74, 6) is 0. The SMILES string of the molecule is CN(C)CCNc1cc(-c2ccc(N3CCN(C)CC3)cc2N2CCN(C)CC2)nc2ccccc12. The van der Waals surface area contributed by atoms with E-state index >= 15 is 0 Å². The summed E-state index contributed by atoms with van der Waals surface area (Å²) >= 11 is 0. The quantitative estimate of drug-likeness (QED) is 0.548. The molecule has 3 heterocycles. The third-order valence-corrected chi connectivity index (χ3v) is 7.56. The maximum atomic E-state index is 5.16. The van der Waals surface area contributed by atoms with Crippen LogP contribution in [0.25, 0.3) is 22.2 Å². The molecule has 2 aliphatic rings. The van der Waals surface area contributed by atoms with Gasteiger partial charge in [-0.2, -0.15) is 0 Å². The van der Waals surface area contributed by atoms with Crippen LogP contribution in [-0.4, -0.2) is 113 Å². The highest BCUT2D eigenvalue weighted by Crippen LogP contribution is 2.37. The summed E-state index contributed by atoms with van der Waals surface area (Å²) in [6.45, 7) is 10.5. The normalized spacial score (nSPS) is 17.8. The minimum absolute atomic E-state index is 0.897. The van der Waals surface area contributed by atoms with E-state index in [9.17, 15) is 0 Å². The highest BCUT2D eigenvalue weighted by Gasteiger charge is 2.22. The molecule has 2 aromatic carbocycles. The first-order chi connectivity index (χ1) is 17.5. The Kier molecular flexibility index (Phi) is 7.60. The number of likely N-dealkylation sites (N-methyl/N-ethyl adjacent to an activating group) is 3. The van der Waals surface area contributed by atoms with Crippen molar-refractivity contribution in [3.63, 3.8) is 0 Å². The van der Waals surface area contributed by atoms with Gasteiger partial charge >= 0.3 is 0 Å². The number of nitrogens with zero attached hydrogens (tertiary/aromatic N) is 6.